The van der Waals surface area contributed by atoms with Crippen molar-refractivity contribution in [3.8, 4) is 0 Å². The van der Waals surface area contributed by atoms with Crippen LogP contribution in [0.15, 0.2) is 12.1 Å². The Morgan fingerprint density at radius 3 is 2.70 bits per heavy atom. The molecular weight excluding hydrogens is 248 g/mol. The van der Waals surface area contributed by atoms with Crippen LogP contribution < -0.4 is 4.90 Å². The Hall–Kier alpha value is -1.09. The molecule has 112 valence electrons. The second-order valence-corrected chi connectivity index (χ2v) is 6.61. The number of aliphatic hydroxyl groups is 1. The molecule has 20 heavy (non-hydrogen) atoms. The van der Waals surface area contributed by atoms with Crippen LogP contribution in [0.4, 0.5) is 5.82 Å². The maximum atomic E-state index is 9.46. The Balaban J connectivity index is 2.23. The molecule has 0 saturated heterocycles. The molecule has 0 bridgehead atoms. The van der Waals surface area contributed by atoms with Gasteiger partial charge in [0.25, 0.3) is 0 Å². The lowest BCUT2D eigenvalue weighted by molar-refractivity contribution is 0.281. The summed E-state index contributed by atoms with van der Waals surface area (Å²) in [4.78, 5) is 7.12. The number of nitrogens with zero attached hydrogens (tertiary/aromatic N) is 2. The SMILES string of the molecule is CC1CCCC(N(C)c2cc(CO)cc(C(C)C)n2)C1. The first-order valence-electron chi connectivity index (χ1n) is 7.85. The molecule has 1 aromatic rings. The fourth-order valence-electron chi connectivity index (χ4n) is 3.10. The molecule has 0 aromatic carbocycles. The summed E-state index contributed by atoms with van der Waals surface area (Å²) in [7, 11) is 2.15. The number of aromatic nitrogens is 1. The molecule has 1 aliphatic carbocycles. The van der Waals surface area contributed by atoms with E-state index in [9.17, 15) is 5.11 Å². The Bertz CT molecular complexity index is 445. The third-order valence-corrected chi connectivity index (χ3v) is 4.48. The van der Waals surface area contributed by atoms with E-state index in [1.807, 2.05) is 12.1 Å². The molecule has 2 rings (SSSR count). The third kappa shape index (κ3) is 3.51. The van der Waals surface area contributed by atoms with Crippen LogP contribution in [-0.2, 0) is 6.61 Å². The van der Waals surface area contributed by atoms with Crippen molar-refractivity contribution in [1.29, 1.82) is 0 Å². The highest BCUT2D eigenvalue weighted by atomic mass is 16.3. The summed E-state index contributed by atoms with van der Waals surface area (Å²) >= 11 is 0. The number of pyridine rings is 1. The summed E-state index contributed by atoms with van der Waals surface area (Å²) in [6.07, 6.45) is 5.17. The lowest BCUT2D eigenvalue weighted by Gasteiger charge is -2.35. The highest BCUT2D eigenvalue weighted by Crippen LogP contribution is 2.30. The minimum Gasteiger partial charge on any atom is -0.392 e. The molecule has 0 spiro atoms. The van der Waals surface area contributed by atoms with E-state index in [0.717, 1.165) is 23.0 Å². The smallest absolute Gasteiger partial charge is 0.129 e. The lowest BCUT2D eigenvalue weighted by Crippen LogP contribution is -2.36. The van der Waals surface area contributed by atoms with Gasteiger partial charge in [0.05, 0.1) is 6.61 Å². The zero-order chi connectivity index (χ0) is 14.7. The first-order valence-corrected chi connectivity index (χ1v) is 7.85. The van der Waals surface area contributed by atoms with Crippen molar-refractivity contribution < 1.29 is 5.11 Å². The normalized spacial score (nSPS) is 23.1. The van der Waals surface area contributed by atoms with Crippen LogP contribution in [0.3, 0.4) is 0 Å². The van der Waals surface area contributed by atoms with Gasteiger partial charge in [-0.05, 0) is 42.4 Å². The van der Waals surface area contributed by atoms with Gasteiger partial charge in [0.2, 0.25) is 0 Å². The molecule has 0 amide bonds. The Morgan fingerprint density at radius 2 is 2.10 bits per heavy atom. The summed E-state index contributed by atoms with van der Waals surface area (Å²) in [6.45, 7) is 6.73. The number of hydrogen-bond donors (Lipinski definition) is 1. The Labute approximate surface area is 123 Å². The first kappa shape index (κ1) is 15.3. The van der Waals surface area contributed by atoms with Crippen LogP contribution in [0.2, 0.25) is 0 Å². The minimum atomic E-state index is 0.0874. The molecule has 0 aliphatic heterocycles. The number of anilines is 1. The van der Waals surface area contributed by atoms with Gasteiger partial charge in [-0.25, -0.2) is 4.98 Å². The standard InChI is InChI=1S/C17H28N2O/c1-12(2)16-9-14(11-20)10-17(18-16)19(4)15-7-5-6-13(3)8-15/h9-10,12-13,15,20H,5-8,11H2,1-4H3. The van der Waals surface area contributed by atoms with Gasteiger partial charge in [-0.3, -0.25) is 0 Å². The summed E-state index contributed by atoms with van der Waals surface area (Å²) in [5.74, 6) is 2.21. The van der Waals surface area contributed by atoms with Crippen molar-refractivity contribution in [3.63, 3.8) is 0 Å². The van der Waals surface area contributed by atoms with Crippen LogP contribution in [0, 0.1) is 5.92 Å². The van der Waals surface area contributed by atoms with Gasteiger partial charge in [0.15, 0.2) is 0 Å². The van der Waals surface area contributed by atoms with Crippen molar-refractivity contribution in [1.82, 2.24) is 4.98 Å². The predicted molar refractivity (Wildman–Crippen MR) is 84.1 cm³/mol. The maximum absolute atomic E-state index is 9.46. The molecule has 2 unspecified atom stereocenters. The predicted octanol–water partition coefficient (Wildman–Crippen LogP) is 3.71. The van der Waals surface area contributed by atoms with Gasteiger partial charge in [-0.1, -0.05) is 33.6 Å². The summed E-state index contributed by atoms with van der Waals surface area (Å²) in [5, 5.41) is 9.46. The van der Waals surface area contributed by atoms with Gasteiger partial charge in [-0.15, -0.1) is 0 Å². The van der Waals surface area contributed by atoms with E-state index in [1.165, 1.54) is 25.7 Å². The second kappa shape index (κ2) is 6.57. The van der Waals surface area contributed by atoms with Crippen LogP contribution in [0.25, 0.3) is 0 Å². The zero-order valence-corrected chi connectivity index (χ0v) is 13.3. The minimum absolute atomic E-state index is 0.0874. The number of hydrogen-bond acceptors (Lipinski definition) is 3. The molecule has 1 aromatic heterocycles. The quantitative estimate of drug-likeness (QED) is 0.910. The highest BCUT2D eigenvalue weighted by molar-refractivity contribution is 5.43. The molecule has 1 saturated carbocycles. The van der Waals surface area contributed by atoms with E-state index in [-0.39, 0.29) is 6.61 Å². The molecule has 3 heteroatoms. The van der Waals surface area contributed by atoms with Crippen molar-refractivity contribution in [2.75, 3.05) is 11.9 Å². The van der Waals surface area contributed by atoms with E-state index in [0.29, 0.717) is 12.0 Å². The largest absolute Gasteiger partial charge is 0.392 e. The molecule has 3 nitrogen and oxygen atoms in total. The van der Waals surface area contributed by atoms with Crippen molar-refractivity contribution >= 4 is 5.82 Å². The molecule has 1 heterocycles. The molecule has 1 fully saturated rings. The molecule has 2 atom stereocenters. The topological polar surface area (TPSA) is 36.4 Å². The van der Waals surface area contributed by atoms with Gasteiger partial charge in [0.1, 0.15) is 5.82 Å². The fourth-order valence-corrected chi connectivity index (χ4v) is 3.10. The van der Waals surface area contributed by atoms with Gasteiger partial charge < -0.3 is 10.0 Å². The zero-order valence-electron chi connectivity index (χ0n) is 13.3. The summed E-state index contributed by atoms with van der Waals surface area (Å²) in [5.41, 5.74) is 2.04. The van der Waals surface area contributed by atoms with E-state index in [4.69, 9.17) is 4.98 Å². The van der Waals surface area contributed by atoms with Crippen LogP contribution in [-0.4, -0.2) is 23.2 Å². The summed E-state index contributed by atoms with van der Waals surface area (Å²) in [6, 6.07) is 4.64. The van der Waals surface area contributed by atoms with Crippen LogP contribution in [0.1, 0.15) is 63.6 Å². The van der Waals surface area contributed by atoms with E-state index < -0.39 is 0 Å². The Morgan fingerprint density at radius 1 is 1.35 bits per heavy atom. The number of aliphatic hydroxyl groups excluding tert-OH is 1. The Kier molecular flexibility index (Phi) is 5.03. The van der Waals surface area contributed by atoms with Gasteiger partial charge in [0, 0.05) is 18.8 Å². The maximum Gasteiger partial charge on any atom is 0.129 e. The van der Waals surface area contributed by atoms with Crippen molar-refractivity contribution in [2.45, 2.75) is 65.0 Å². The van der Waals surface area contributed by atoms with E-state index >= 15 is 0 Å². The van der Waals surface area contributed by atoms with E-state index in [1.54, 1.807) is 0 Å². The molecule has 1 N–H and O–H groups in total. The highest BCUT2D eigenvalue weighted by Gasteiger charge is 2.23. The third-order valence-electron chi connectivity index (χ3n) is 4.48. The second-order valence-electron chi connectivity index (χ2n) is 6.61. The van der Waals surface area contributed by atoms with Crippen molar-refractivity contribution in [2.24, 2.45) is 5.92 Å². The van der Waals surface area contributed by atoms with Crippen LogP contribution >= 0.6 is 0 Å². The average Bonchev–Trinajstić information content (AvgIpc) is 2.45. The number of rotatable bonds is 4. The molecular formula is C17H28N2O. The fraction of sp³-hybridized carbons (Fsp3) is 0.706. The van der Waals surface area contributed by atoms with Gasteiger partial charge >= 0.3 is 0 Å². The monoisotopic (exact) mass is 276 g/mol. The molecule has 0 radical (unpaired) electrons. The first-order chi connectivity index (χ1) is 9.51. The van der Waals surface area contributed by atoms with Crippen LogP contribution in [0.5, 0.6) is 0 Å². The van der Waals surface area contributed by atoms with E-state index in [2.05, 4.69) is 32.7 Å². The van der Waals surface area contributed by atoms with Crippen molar-refractivity contribution in [3.05, 3.63) is 23.4 Å². The van der Waals surface area contributed by atoms with Gasteiger partial charge in [-0.2, -0.15) is 0 Å². The lowest BCUT2D eigenvalue weighted by atomic mass is 9.86. The summed E-state index contributed by atoms with van der Waals surface area (Å²) < 4.78 is 0. The molecule has 1 aliphatic rings. The average molecular weight is 276 g/mol.